The molecule has 0 saturated heterocycles. The molecule has 2 rings (SSSR count). The Morgan fingerprint density at radius 1 is 1.29 bits per heavy atom. The van der Waals surface area contributed by atoms with Crippen molar-refractivity contribution in [3.63, 3.8) is 0 Å². The van der Waals surface area contributed by atoms with Gasteiger partial charge >= 0.3 is 0 Å². The number of aryl methyl sites for hydroxylation is 1. The van der Waals surface area contributed by atoms with E-state index in [1.165, 1.54) is 5.56 Å². The minimum atomic E-state index is 0.341. The lowest BCUT2D eigenvalue weighted by Gasteiger charge is -2.17. The second-order valence-electron chi connectivity index (χ2n) is 4.99. The van der Waals surface area contributed by atoms with E-state index in [1.807, 2.05) is 12.1 Å². The molecule has 0 aliphatic carbocycles. The van der Waals surface area contributed by atoms with Crippen LogP contribution in [-0.2, 0) is 13.0 Å². The summed E-state index contributed by atoms with van der Waals surface area (Å²) in [5.74, 6) is 0.776. The van der Waals surface area contributed by atoms with E-state index in [-0.39, 0.29) is 0 Å². The van der Waals surface area contributed by atoms with Crippen LogP contribution in [0.1, 0.15) is 24.6 Å². The topological polar surface area (TPSA) is 62.5 Å². The van der Waals surface area contributed by atoms with Crippen molar-refractivity contribution in [2.24, 2.45) is 4.99 Å². The van der Waals surface area contributed by atoms with Crippen LogP contribution in [0.2, 0.25) is 0 Å². The summed E-state index contributed by atoms with van der Waals surface area (Å²) in [7, 11) is 1.77. The maximum atomic E-state index is 4.80. The SMILES string of the molecule is CN=C(NCc1ccon1)NC(C)CCc1ccccc1. The van der Waals surface area contributed by atoms with E-state index < -0.39 is 0 Å². The zero-order valence-corrected chi connectivity index (χ0v) is 12.5. The van der Waals surface area contributed by atoms with E-state index in [4.69, 9.17) is 4.52 Å². The number of aliphatic imine (C=N–C) groups is 1. The van der Waals surface area contributed by atoms with Crippen molar-refractivity contribution in [1.29, 1.82) is 0 Å². The van der Waals surface area contributed by atoms with Crippen LogP contribution >= 0.6 is 0 Å². The van der Waals surface area contributed by atoms with Crippen LogP contribution in [-0.4, -0.2) is 24.2 Å². The predicted molar refractivity (Wildman–Crippen MR) is 84.1 cm³/mol. The first-order valence-corrected chi connectivity index (χ1v) is 7.18. The summed E-state index contributed by atoms with van der Waals surface area (Å²) in [6.07, 6.45) is 3.67. The molecule has 1 heterocycles. The van der Waals surface area contributed by atoms with Crippen LogP contribution in [0.15, 0.2) is 52.2 Å². The third-order valence-corrected chi connectivity index (χ3v) is 3.24. The third kappa shape index (κ3) is 5.30. The van der Waals surface area contributed by atoms with E-state index in [0.29, 0.717) is 12.6 Å². The van der Waals surface area contributed by atoms with Crippen LogP contribution in [0.5, 0.6) is 0 Å². The lowest BCUT2D eigenvalue weighted by molar-refractivity contribution is 0.410. The fourth-order valence-electron chi connectivity index (χ4n) is 2.03. The Morgan fingerprint density at radius 3 is 2.76 bits per heavy atom. The summed E-state index contributed by atoms with van der Waals surface area (Å²) in [5, 5.41) is 10.5. The van der Waals surface area contributed by atoms with Gasteiger partial charge in [0.2, 0.25) is 0 Å². The van der Waals surface area contributed by atoms with Gasteiger partial charge in [0.1, 0.15) is 12.0 Å². The van der Waals surface area contributed by atoms with Gasteiger partial charge < -0.3 is 15.2 Å². The molecule has 21 heavy (non-hydrogen) atoms. The highest BCUT2D eigenvalue weighted by Crippen LogP contribution is 2.04. The maximum Gasteiger partial charge on any atom is 0.191 e. The Hall–Kier alpha value is -2.30. The molecule has 0 aliphatic heterocycles. The largest absolute Gasteiger partial charge is 0.364 e. The van der Waals surface area contributed by atoms with Crippen LogP contribution in [0.3, 0.4) is 0 Å². The maximum absolute atomic E-state index is 4.80. The number of benzene rings is 1. The number of rotatable bonds is 6. The molecule has 0 saturated carbocycles. The second-order valence-corrected chi connectivity index (χ2v) is 4.99. The first kappa shape index (κ1) is 15.1. The smallest absolute Gasteiger partial charge is 0.191 e. The summed E-state index contributed by atoms with van der Waals surface area (Å²) in [5.41, 5.74) is 2.21. The van der Waals surface area contributed by atoms with Crippen molar-refractivity contribution < 1.29 is 4.52 Å². The summed E-state index contributed by atoms with van der Waals surface area (Å²) in [6.45, 7) is 2.76. The molecule has 0 amide bonds. The van der Waals surface area contributed by atoms with Crippen molar-refractivity contribution in [1.82, 2.24) is 15.8 Å². The molecular weight excluding hydrogens is 264 g/mol. The van der Waals surface area contributed by atoms with Crippen LogP contribution in [0.25, 0.3) is 0 Å². The number of aromatic nitrogens is 1. The summed E-state index contributed by atoms with van der Waals surface area (Å²) in [6, 6.07) is 12.7. The molecule has 0 aliphatic rings. The van der Waals surface area contributed by atoms with E-state index >= 15 is 0 Å². The molecule has 2 N–H and O–H groups in total. The fraction of sp³-hybridized carbons (Fsp3) is 0.375. The molecule has 0 spiro atoms. The Morgan fingerprint density at radius 2 is 2.10 bits per heavy atom. The lowest BCUT2D eigenvalue weighted by atomic mass is 10.1. The molecule has 5 heteroatoms. The standard InChI is InChI=1S/C16H22N4O/c1-13(8-9-14-6-4-3-5-7-14)19-16(17-2)18-12-15-10-11-21-20-15/h3-7,10-11,13H,8-9,12H2,1-2H3,(H2,17,18,19). The molecule has 0 bridgehead atoms. The normalized spacial score (nSPS) is 13.0. The van der Waals surface area contributed by atoms with Crippen LogP contribution in [0.4, 0.5) is 0 Å². The molecule has 2 aromatic rings. The van der Waals surface area contributed by atoms with E-state index in [1.54, 1.807) is 13.3 Å². The highest BCUT2D eigenvalue weighted by molar-refractivity contribution is 5.79. The fourth-order valence-corrected chi connectivity index (χ4v) is 2.03. The highest BCUT2D eigenvalue weighted by Gasteiger charge is 2.06. The Bertz CT molecular complexity index is 537. The molecule has 0 radical (unpaired) electrons. The first-order valence-electron chi connectivity index (χ1n) is 7.18. The van der Waals surface area contributed by atoms with Crippen LogP contribution in [0, 0.1) is 0 Å². The van der Waals surface area contributed by atoms with Gasteiger partial charge in [-0.15, -0.1) is 0 Å². The number of hydrogen-bond donors (Lipinski definition) is 2. The highest BCUT2D eigenvalue weighted by atomic mass is 16.5. The van der Waals surface area contributed by atoms with Crippen molar-refractivity contribution in [3.05, 3.63) is 53.9 Å². The van der Waals surface area contributed by atoms with Gasteiger partial charge in [0.25, 0.3) is 0 Å². The van der Waals surface area contributed by atoms with Gasteiger partial charge in [0.05, 0.1) is 6.54 Å². The monoisotopic (exact) mass is 286 g/mol. The van der Waals surface area contributed by atoms with Gasteiger partial charge in [0, 0.05) is 19.2 Å². The van der Waals surface area contributed by atoms with Gasteiger partial charge in [0.15, 0.2) is 5.96 Å². The average molecular weight is 286 g/mol. The lowest BCUT2D eigenvalue weighted by Crippen LogP contribution is -2.42. The third-order valence-electron chi connectivity index (χ3n) is 3.24. The summed E-state index contributed by atoms with van der Waals surface area (Å²) in [4.78, 5) is 4.22. The molecule has 1 unspecified atom stereocenters. The Kier molecular flexibility index (Phi) is 5.82. The van der Waals surface area contributed by atoms with Crippen molar-refractivity contribution in [3.8, 4) is 0 Å². The van der Waals surface area contributed by atoms with Gasteiger partial charge in [-0.05, 0) is 25.3 Å². The average Bonchev–Trinajstić information content (AvgIpc) is 3.04. The minimum absolute atomic E-state index is 0.341. The Labute approximate surface area is 125 Å². The molecular formula is C16H22N4O. The predicted octanol–water partition coefficient (Wildman–Crippen LogP) is 2.36. The zero-order chi connectivity index (χ0) is 14.9. The summed E-state index contributed by atoms with van der Waals surface area (Å²) < 4.78 is 4.80. The van der Waals surface area contributed by atoms with Crippen molar-refractivity contribution in [2.75, 3.05) is 7.05 Å². The minimum Gasteiger partial charge on any atom is -0.364 e. The number of nitrogens with zero attached hydrogens (tertiary/aromatic N) is 2. The Balaban J connectivity index is 1.73. The molecule has 5 nitrogen and oxygen atoms in total. The molecule has 0 fully saturated rings. The van der Waals surface area contributed by atoms with Crippen molar-refractivity contribution >= 4 is 5.96 Å². The first-order chi connectivity index (χ1) is 10.3. The zero-order valence-electron chi connectivity index (χ0n) is 12.5. The number of guanidine groups is 1. The molecule has 1 aromatic heterocycles. The molecule has 1 aromatic carbocycles. The second kappa shape index (κ2) is 8.09. The van der Waals surface area contributed by atoms with E-state index in [2.05, 4.69) is 52.0 Å². The number of nitrogens with one attached hydrogen (secondary N) is 2. The van der Waals surface area contributed by atoms with Gasteiger partial charge in [-0.2, -0.15) is 0 Å². The van der Waals surface area contributed by atoms with Gasteiger partial charge in [-0.1, -0.05) is 35.5 Å². The number of hydrogen-bond acceptors (Lipinski definition) is 3. The van der Waals surface area contributed by atoms with Crippen LogP contribution < -0.4 is 10.6 Å². The van der Waals surface area contributed by atoms with E-state index in [9.17, 15) is 0 Å². The molecule has 1 atom stereocenters. The quantitative estimate of drug-likeness (QED) is 0.632. The summed E-state index contributed by atoms with van der Waals surface area (Å²) >= 11 is 0. The van der Waals surface area contributed by atoms with Gasteiger partial charge in [-0.25, -0.2) is 0 Å². The van der Waals surface area contributed by atoms with Gasteiger partial charge in [-0.3, -0.25) is 4.99 Å². The molecule has 112 valence electrons. The van der Waals surface area contributed by atoms with Crippen molar-refractivity contribution in [2.45, 2.75) is 32.4 Å². The van der Waals surface area contributed by atoms with E-state index in [0.717, 1.165) is 24.5 Å².